The maximum atomic E-state index is 13.4. The summed E-state index contributed by atoms with van der Waals surface area (Å²) in [5.74, 6) is -4.63. The van der Waals surface area contributed by atoms with Gasteiger partial charge in [-0.25, -0.2) is 9.59 Å². The second-order valence-corrected chi connectivity index (χ2v) is 15.8. The quantitative estimate of drug-likeness (QED) is 0.0301. The van der Waals surface area contributed by atoms with Crippen LogP contribution in [0, 0.1) is 0 Å². The molecule has 0 heterocycles. The summed E-state index contributed by atoms with van der Waals surface area (Å²) in [6, 6.07) is 29.9. The third kappa shape index (κ3) is 12.1. The Hall–Kier alpha value is -6.91. The van der Waals surface area contributed by atoms with Gasteiger partial charge < -0.3 is 35.5 Å². The summed E-state index contributed by atoms with van der Waals surface area (Å²) in [7, 11) is 0. The molecule has 0 saturated carbocycles. The molecule has 2 aliphatic rings. The molecule has 0 aromatic heterocycles. The molecule has 4 aromatic rings. The minimum Gasteiger partial charge on any atom is -0.460 e. The molecule has 332 valence electrons. The molecule has 14 nitrogen and oxygen atoms in total. The van der Waals surface area contributed by atoms with Crippen molar-refractivity contribution in [3.05, 3.63) is 119 Å². The van der Waals surface area contributed by atoms with E-state index in [1.54, 1.807) is 26.1 Å². The van der Waals surface area contributed by atoms with Gasteiger partial charge in [0, 0.05) is 37.9 Å². The van der Waals surface area contributed by atoms with Crippen molar-refractivity contribution in [3.8, 4) is 22.3 Å². The predicted octanol–water partition coefficient (Wildman–Crippen LogP) is 6.29. The highest BCUT2D eigenvalue weighted by molar-refractivity contribution is 5.99. The second-order valence-electron chi connectivity index (χ2n) is 15.8. The van der Waals surface area contributed by atoms with Crippen molar-refractivity contribution < 1.29 is 51.4 Å². The Bertz CT molecular complexity index is 2260. The zero-order valence-electron chi connectivity index (χ0n) is 35.0. The summed E-state index contributed by atoms with van der Waals surface area (Å²) in [5.41, 5.74) is 7.39. The summed E-state index contributed by atoms with van der Waals surface area (Å²) in [6.07, 6.45) is -7.31. The van der Waals surface area contributed by atoms with E-state index >= 15 is 0 Å². The number of esters is 1. The normalized spacial score (nSPS) is 13.7. The van der Waals surface area contributed by atoms with Gasteiger partial charge in [0.2, 0.25) is 5.91 Å². The van der Waals surface area contributed by atoms with E-state index < -0.39 is 53.7 Å². The Morgan fingerprint density at radius 2 is 1.10 bits per heavy atom. The van der Waals surface area contributed by atoms with Gasteiger partial charge in [-0.15, -0.1) is 0 Å². The van der Waals surface area contributed by atoms with Gasteiger partial charge in [-0.2, -0.15) is 13.2 Å². The molecule has 5 N–H and O–H groups in total. The third-order valence-corrected chi connectivity index (χ3v) is 10.2. The fourth-order valence-corrected chi connectivity index (χ4v) is 7.49. The highest BCUT2D eigenvalue weighted by Gasteiger charge is 2.39. The summed E-state index contributed by atoms with van der Waals surface area (Å²) in [5, 5.41) is 11.8. The van der Waals surface area contributed by atoms with Crippen molar-refractivity contribution in [2.45, 2.75) is 63.3 Å². The second kappa shape index (κ2) is 20.3. The summed E-state index contributed by atoms with van der Waals surface area (Å²) < 4.78 is 56.0. The number of rotatable bonds is 15. The summed E-state index contributed by atoms with van der Waals surface area (Å²) in [6.45, 7) is 4.23. The SMILES string of the molecule is CC(C)(C)OC(=O)CC[C@H](NC(=O)OCC1c2ccccc2-c2ccccc21)C(=O)NCCN=C(NCCNC(=O)OCC1c2ccccc2-c2ccccc21)NC(=O)C(F)(F)F. The number of halogens is 3. The Kier molecular flexibility index (Phi) is 14.7. The molecule has 17 heteroatoms. The van der Waals surface area contributed by atoms with Gasteiger partial charge in [-0.3, -0.25) is 24.7 Å². The van der Waals surface area contributed by atoms with Crippen molar-refractivity contribution >= 4 is 35.9 Å². The molecule has 0 aliphatic heterocycles. The van der Waals surface area contributed by atoms with E-state index in [1.165, 1.54) is 0 Å². The van der Waals surface area contributed by atoms with Crippen LogP contribution >= 0.6 is 0 Å². The van der Waals surface area contributed by atoms with E-state index in [0.717, 1.165) is 44.5 Å². The average molecular weight is 871 g/mol. The predicted molar refractivity (Wildman–Crippen MR) is 228 cm³/mol. The molecule has 6 rings (SSSR count). The number of benzene rings is 4. The minimum absolute atomic E-state index is 0.0321. The molecule has 0 fully saturated rings. The average Bonchev–Trinajstić information content (AvgIpc) is 3.74. The molecule has 4 amide bonds. The van der Waals surface area contributed by atoms with Gasteiger partial charge >= 0.3 is 30.2 Å². The Labute approximate surface area is 362 Å². The lowest BCUT2D eigenvalue weighted by Gasteiger charge is -2.22. The van der Waals surface area contributed by atoms with Crippen molar-refractivity contribution in [1.82, 2.24) is 26.6 Å². The number of hydrogen-bond acceptors (Lipinski definition) is 9. The standard InChI is InChI=1S/C46H49F3N6O8/c1-45(2,3)63-39(56)21-20-38(54-44(60)62-27-37-34-18-10-6-14-30(34)31-15-7-11-19-35(31)37)40(57)50-22-23-51-42(55-41(58)46(47,48)49)52-24-25-53-43(59)61-26-36-32-16-8-4-12-28(32)29-13-5-9-17-33(29)36/h4-19,36-38H,20-27H2,1-3H3,(H,50,57)(H,53,59)(H,54,60)(H2,51,52,55,58)/t38-/m0/s1. The Balaban J connectivity index is 1.01. The number of nitrogens with zero attached hydrogens (tertiary/aromatic N) is 1. The number of aliphatic imine (C=N–C) groups is 1. The van der Waals surface area contributed by atoms with Crippen LogP contribution in [0.2, 0.25) is 0 Å². The number of fused-ring (bicyclic) bond motifs is 6. The highest BCUT2D eigenvalue weighted by atomic mass is 19.4. The van der Waals surface area contributed by atoms with E-state index in [0.29, 0.717) is 0 Å². The van der Waals surface area contributed by atoms with Gasteiger partial charge in [0.15, 0.2) is 5.96 Å². The third-order valence-electron chi connectivity index (χ3n) is 10.2. The largest absolute Gasteiger partial charge is 0.471 e. The minimum atomic E-state index is -5.23. The fraction of sp³-hybridized carbons (Fsp3) is 0.348. The molecule has 0 spiro atoms. The number of carbonyl (C=O) groups excluding carboxylic acids is 5. The zero-order valence-corrected chi connectivity index (χ0v) is 35.0. The van der Waals surface area contributed by atoms with Gasteiger partial charge in [0.25, 0.3) is 0 Å². The first-order valence-corrected chi connectivity index (χ1v) is 20.5. The van der Waals surface area contributed by atoms with Crippen LogP contribution in [0.4, 0.5) is 22.8 Å². The molecule has 4 aromatic carbocycles. The van der Waals surface area contributed by atoms with Crippen LogP contribution in [0.5, 0.6) is 0 Å². The summed E-state index contributed by atoms with van der Waals surface area (Å²) in [4.78, 5) is 67.4. The van der Waals surface area contributed by atoms with Gasteiger partial charge in [-0.05, 0) is 71.7 Å². The van der Waals surface area contributed by atoms with Crippen LogP contribution in [0.1, 0.15) is 67.7 Å². The maximum Gasteiger partial charge on any atom is 0.471 e. The zero-order chi connectivity index (χ0) is 45.1. The van der Waals surface area contributed by atoms with Gasteiger partial charge in [0.1, 0.15) is 24.9 Å². The lowest BCUT2D eigenvalue weighted by Crippen LogP contribution is -2.49. The van der Waals surface area contributed by atoms with Crippen molar-refractivity contribution in [1.29, 1.82) is 0 Å². The van der Waals surface area contributed by atoms with E-state index in [1.807, 2.05) is 97.1 Å². The molecular weight excluding hydrogens is 822 g/mol. The van der Waals surface area contributed by atoms with E-state index in [2.05, 4.69) is 26.3 Å². The molecule has 0 radical (unpaired) electrons. The number of hydrogen-bond donors (Lipinski definition) is 5. The lowest BCUT2D eigenvalue weighted by atomic mass is 9.98. The van der Waals surface area contributed by atoms with Crippen LogP contribution in [-0.4, -0.2) is 93.1 Å². The molecule has 0 unspecified atom stereocenters. The molecule has 2 aliphatic carbocycles. The lowest BCUT2D eigenvalue weighted by molar-refractivity contribution is -0.171. The molecule has 0 bridgehead atoms. The fourth-order valence-electron chi connectivity index (χ4n) is 7.49. The Morgan fingerprint density at radius 1 is 0.635 bits per heavy atom. The molecule has 63 heavy (non-hydrogen) atoms. The number of ether oxygens (including phenoxy) is 3. The number of guanidine groups is 1. The highest BCUT2D eigenvalue weighted by Crippen LogP contribution is 2.45. The van der Waals surface area contributed by atoms with Crippen LogP contribution < -0.4 is 26.6 Å². The van der Waals surface area contributed by atoms with E-state index in [4.69, 9.17) is 14.2 Å². The van der Waals surface area contributed by atoms with Gasteiger partial charge in [0.05, 0.1) is 6.54 Å². The number of nitrogens with one attached hydrogen (secondary N) is 5. The van der Waals surface area contributed by atoms with Crippen LogP contribution in [0.15, 0.2) is 102 Å². The Morgan fingerprint density at radius 3 is 1.57 bits per heavy atom. The molecular formula is C46H49F3N6O8. The monoisotopic (exact) mass is 870 g/mol. The first-order valence-electron chi connectivity index (χ1n) is 20.5. The number of alkyl halides is 3. The number of amides is 4. The van der Waals surface area contributed by atoms with Crippen LogP contribution in [-0.2, 0) is 28.6 Å². The van der Waals surface area contributed by atoms with E-state index in [9.17, 15) is 37.1 Å². The van der Waals surface area contributed by atoms with Crippen molar-refractivity contribution in [2.24, 2.45) is 4.99 Å². The molecule has 1 atom stereocenters. The van der Waals surface area contributed by atoms with Crippen LogP contribution in [0.3, 0.4) is 0 Å². The van der Waals surface area contributed by atoms with E-state index in [-0.39, 0.29) is 64.1 Å². The summed E-state index contributed by atoms with van der Waals surface area (Å²) >= 11 is 0. The van der Waals surface area contributed by atoms with Gasteiger partial charge in [-0.1, -0.05) is 97.1 Å². The van der Waals surface area contributed by atoms with Crippen molar-refractivity contribution in [3.63, 3.8) is 0 Å². The first kappa shape index (κ1) is 45.6. The molecule has 0 saturated heterocycles. The van der Waals surface area contributed by atoms with Crippen molar-refractivity contribution in [2.75, 3.05) is 39.4 Å². The maximum absolute atomic E-state index is 13.4. The number of alkyl carbamates (subject to hydrolysis) is 2. The first-order chi connectivity index (χ1) is 30.1. The number of carbonyl (C=O) groups is 5. The smallest absolute Gasteiger partial charge is 0.460 e. The van der Waals surface area contributed by atoms with Crippen LogP contribution in [0.25, 0.3) is 22.3 Å². The topological polar surface area (TPSA) is 186 Å².